The van der Waals surface area contributed by atoms with Gasteiger partial charge in [-0.1, -0.05) is 6.42 Å². The van der Waals surface area contributed by atoms with Crippen LogP contribution in [0.5, 0.6) is 0 Å². The molecule has 2 N–H and O–H groups in total. The van der Waals surface area contributed by atoms with Crippen LogP contribution in [0.1, 0.15) is 25.7 Å². The number of nitrogens with two attached hydrogens (primary N) is 1. The smallest absolute Gasteiger partial charge is 0.330 e. The third-order valence-corrected chi connectivity index (χ3v) is 1.81. The fraction of sp³-hybridized carbons (Fsp3) is 0.875. The Labute approximate surface area is 83.6 Å². The van der Waals surface area contributed by atoms with Crippen LogP contribution in [0, 0.1) is 0 Å². The average molecular weight is 233 g/mol. The molecule has 0 bridgehead atoms. The third-order valence-electron chi connectivity index (χ3n) is 1.81. The number of halogens is 5. The lowest BCUT2D eigenvalue weighted by Gasteiger charge is -2.17. The lowest BCUT2D eigenvalue weighted by Crippen LogP contribution is -2.43. The summed E-state index contributed by atoms with van der Waals surface area (Å²) in [7, 11) is 0. The molecule has 0 saturated carbocycles. The van der Waals surface area contributed by atoms with Gasteiger partial charge in [0.1, 0.15) is 0 Å². The summed E-state index contributed by atoms with van der Waals surface area (Å²) in [5, 5.41) is 0. The molecule has 0 atom stereocenters. The van der Waals surface area contributed by atoms with Crippen molar-refractivity contribution in [3.63, 3.8) is 0 Å². The predicted molar refractivity (Wildman–Crippen MR) is 43.5 cm³/mol. The minimum atomic E-state index is -5.79. The summed E-state index contributed by atoms with van der Waals surface area (Å²) in [6.07, 6.45) is -5.69. The molecule has 0 fully saturated rings. The molecule has 0 aromatic rings. The lowest BCUT2D eigenvalue weighted by molar-refractivity contribution is -0.268. The first-order valence-corrected chi connectivity index (χ1v) is 4.41. The van der Waals surface area contributed by atoms with Gasteiger partial charge in [0.25, 0.3) is 0 Å². The highest BCUT2D eigenvalue weighted by Gasteiger charge is 2.62. The number of hydrogen-bond donors (Lipinski definition) is 1. The molecule has 90 valence electrons. The van der Waals surface area contributed by atoms with E-state index in [1.165, 1.54) is 0 Å². The van der Waals surface area contributed by atoms with Crippen molar-refractivity contribution >= 4 is 5.78 Å². The second-order valence-corrected chi connectivity index (χ2v) is 3.09. The Morgan fingerprint density at radius 2 is 1.53 bits per heavy atom. The summed E-state index contributed by atoms with van der Waals surface area (Å²) in [5.41, 5.74) is 5.09. The highest BCUT2D eigenvalue weighted by Crippen LogP contribution is 2.37. The molecule has 0 aromatic carbocycles. The second kappa shape index (κ2) is 5.39. The van der Waals surface area contributed by atoms with E-state index in [0.29, 0.717) is 19.4 Å². The zero-order valence-electron chi connectivity index (χ0n) is 7.91. The number of unbranched alkanes of at least 4 members (excludes halogenated alkanes) is 2. The molecule has 0 aliphatic rings. The first-order valence-electron chi connectivity index (χ1n) is 4.41. The van der Waals surface area contributed by atoms with Crippen LogP contribution >= 0.6 is 0 Å². The van der Waals surface area contributed by atoms with Crippen LogP contribution in [-0.2, 0) is 4.79 Å². The van der Waals surface area contributed by atoms with Crippen LogP contribution in [0.4, 0.5) is 22.0 Å². The highest BCUT2D eigenvalue weighted by atomic mass is 19.4. The molecular weight excluding hydrogens is 221 g/mol. The van der Waals surface area contributed by atoms with Gasteiger partial charge in [-0.05, 0) is 19.4 Å². The van der Waals surface area contributed by atoms with Crippen molar-refractivity contribution in [1.29, 1.82) is 0 Å². The molecule has 0 aliphatic carbocycles. The van der Waals surface area contributed by atoms with Gasteiger partial charge in [0.15, 0.2) is 0 Å². The number of hydrogen-bond acceptors (Lipinski definition) is 2. The first-order chi connectivity index (χ1) is 6.73. The van der Waals surface area contributed by atoms with E-state index in [9.17, 15) is 26.7 Å². The van der Waals surface area contributed by atoms with Crippen LogP contribution in [0.25, 0.3) is 0 Å². The Kier molecular flexibility index (Phi) is 5.13. The number of alkyl halides is 5. The molecular formula is C8H12F5NO. The van der Waals surface area contributed by atoms with Gasteiger partial charge >= 0.3 is 12.1 Å². The average Bonchev–Trinajstić information content (AvgIpc) is 2.10. The van der Waals surface area contributed by atoms with E-state index < -0.39 is 24.3 Å². The van der Waals surface area contributed by atoms with Crippen molar-refractivity contribution in [2.24, 2.45) is 5.73 Å². The molecule has 0 aromatic heterocycles. The largest absolute Gasteiger partial charge is 0.461 e. The van der Waals surface area contributed by atoms with Crippen LogP contribution in [0.2, 0.25) is 0 Å². The van der Waals surface area contributed by atoms with Gasteiger partial charge in [-0.3, -0.25) is 4.79 Å². The van der Waals surface area contributed by atoms with Crippen molar-refractivity contribution in [1.82, 2.24) is 0 Å². The Morgan fingerprint density at radius 3 is 1.93 bits per heavy atom. The number of Topliss-reactive ketones (excluding diaryl/α,β-unsaturated/α-hetero) is 1. The molecule has 0 radical (unpaired) electrons. The molecule has 0 amide bonds. The molecule has 7 heteroatoms. The summed E-state index contributed by atoms with van der Waals surface area (Å²) in [4.78, 5) is 10.6. The maximum Gasteiger partial charge on any atom is 0.461 e. The number of ketones is 1. The van der Waals surface area contributed by atoms with Gasteiger partial charge in [-0.15, -0.1) is 0 Å². The monoisotopic (exact) mass is 233 g/mol. The van der Waals surface area contributed by atoms with Gasteiger partial charge in [-0.25, -0.2) is 0 Å². The van der Waals surface area contributed by atoms with Gasteiger partial charge in [0.05, 0.1) is 0 Å². The lowest BCUT2D eigenvalue weighted by atomic mass is 10.1. The summed E-state index contributed by atoms with van der Waals surface area (Å²) in [6.45, 7) is 0.323. The second-order valence-electron chi connectivity index (χ2n) is 3.09. The maximum absolute atomic E-state index is 12.3. The van der Waals surface area contributed by atoms with Crippen molar-refractivity contribution in [3.05, 3.63) is 0 Å². The van der Waals surface area contributed by atoms with E-state index in [0.717, 1.165) is 0 Å². The maximum atomic E-state index is 12.3. The first kappa shape index (κ1) is 14.3. The highest BCUT2D eigenvalue weighted by molar-refractivity contribution is 5.86. The zero-order valence-corrected chi connectivity index (χ0v) is 7.91. The van der Waals surface area contributed by atoms with Crippen molar-refractivity contribution in [3.8, 4) is 0 Å². The standard InChI is InChI=1S/C8H12F5NO/c9-7(10,8(11,12)13)6(15)4-2-1-3-5-14/h1-5,14H2. The van der Waals surface area contributed by atoms with Crippen LogP contribution in [-0.4, -0.2) is 24.4 Å². The van der Waals surface area contributed by atoms with E-state index in [-0.39, 0.29) is 6.42 Å². The van der Waals surface area contributed by atoms with Crippen LogP contribution in [0.3, 0.4) is 0 Å². The van der Waals surface area contributed by atoms with Crippen molar-refractivity contribution < 1.29 is 26.7 Å². The van der Waals surface area contributed by atoms with Gasteiger partial charge in [0, 0.05) is 6.42 Å². The number of carbonyl (C=O) groups excluding carboxylic acids is 1. The SMILES string of the molecule is NCCCCCC(=O)C(F)(F)C(F)(F)F. The Bertz CT molecular complexity index is 214. The van der Waals surface area contributed by atoms with E-state index in [4.69, 9.17) is 5.73 Å². The quantitative estimate of drug-likeness (QED) is 0.565. The normalized spacial score (nSPS) is 12.9. The molecule has 2 nitrogen and oxygen atoms in total. The summed E-state index contributed by atoms with van der Waals surface area (Å²) in [6, 6.07) is 0. The minimum Gasteiger partial charge on any atom is -0.330 e. The van der Waals surface area contributed by atoms with Crippen molar-refractivity contribution in [2.75, 3.05) is 6.54 Å². The molecule has 0 unspecified atom stereocenters. The Balaban J connectivity index is 4.10. The van der Waals surface area contributed by atoms with E-state index in [2.05, 4.69) is 0 Å². The van der Waals surface area contributed by atoms with Crippen LogP contribution < -0.4 is 5.73 Å². The number of rotatable bonds is 6. The van der Waals surface area contributed by atoms with Gasteiger partial charge in [-0.2, -0.15) is 22.0 Å². The number of carbonyl (C=O) groups is 1. The van der Waals surface area contributed by atoms with E-state index in [1.54, 1.807) is 0 Å². The molecule has 0 spiro atoms. The van der Waals surface area contributed by atoms with Crippen LogP contribution in [0.15, 0.2) is 0 Å². The summed E-state index contributed by atoms with van der Waals surface area (Å²) < 4.78 is 59.7. The summed E-state index contributed by atoms with van der Waals surface area (Å²) >= 11 is 0. The molecule has 0 saturated heterocycles. The van der Waals surface area contributed by atoms with E-state index >= 15 is 0 Å². The molecule has 0 rings (SSSR count). The third kappa shape index (κ3) is 4.11. The van der Waals surface area contributed by atoms with Gasteiger partial charge < -0.3 is 5.73 Å². The van der Waals surface area contributed by atoms with Gasteiger partial charge in [0.2, 0.25) is 5.78 Å². The Morgan fingerprint density at radius 1 is 1.00 bits per heavy atom. The van der Waals surface area contributed by atoms with Crippen molar-refractivity contribution in [2.45, 2.75) is 37.8 Å². The molecule has 15 heavy (non-hydrogen) atoms. The van der Waals surface area contributed by atoms with E-state index in [1.807, 2.05) is 0 Å². The summed E-state index contributed by atoms with van der Waals surface area (Å²) in [5.74, 6) is -7.30. The predicted octanol–water partition coefficient (Wildman–Crippen LogP) is 2.27. The minimum absolute atomic E-state index is 0.00169. The molecule has 0 aliphatic heterocycles. The zero-order chi connectivity index (χ0) is 12.1. The Hall–Kier alpha value is -0.720. The fourth-order valence-electron chi connectivity index (χ4n) is 0.922. The fourth-order valence-corrected chi connectivity index (χ4v) is 0.922. The topological polar surface area (TPSA) is 43.1 Å². The molecule has 0 heterocycles.